The van der Waals surface area contributed by atoms with Crippen LogP contribution in [-0.2, 0) is 24.0 Å². The molecule has 2 heterocycles. The molecule has 15 heteroatoms. The van der Waals surface area contributed by atoms with Gasteiger partial charge in [-0.25, -0.2) is 9.59 Å². The Morgan fingerprint density at radius 2 is 2.03 bits per heavy atom. The Hall–Kier alpha value is -1.84. The molecule has 184 valence electrons. The van der Waals surface area contributed by atoms with E-state index in [0.29, 0.717) is 25.6 Å². The van der Waals surface area contributed by atoms with Crippen LogP contribution in [0.3, 0.4) is 0 Å². The molecule has 0 bridgehead atoms. The van der Waals surface area contributed by atoms with Crippen LogP contribution >= 0.6 is 51.2 Å². The molecule has 1 saturated heterocycles. The second-order valence-electron chi connectivity index (χ2n) is 6.62. The molecule has 0 aliphatic carbocycles. The summed E-state index contributed by atoms with van der Waals surface area (Å²) in [6.45, 7) is 1.91. The zero-order chi connectivity index (χ0) is 25.0. The SMILES string of the molecule is CCOC(=O)c1ccc(SC2=C(C(=O)ONC(=O)CSC(F)(F)F)N3C(=O)C[C@@H]3SC2)c(Br)c1. The van der Waals surface area contributed by atoms with Crippen LogP contribution in [0.2, 0.25) is 0 Å². The standard InChI is InChI=1S/C19H16BrF3N2O6S3/c1-2-30-17(28)9-3-4-11(10(20)5-9)34-12-7-32-15-6-14(27)25(15)16(12)18(29)31-24-13(26)8-33-19(21,22)23/h3-5,15H,2,6-8H2,1H3,(H,24,26)/t15-/m0/s1. The van der Waals surface area contributed by atoms with Crippen molar-refractivity contribution in [3.8, 4) is 0 Å². The number of benzene rings is 1. The fourth-order valence-electron chi connectivity index (χ4n) is 2.84. The van der Waals surface area contributed by atoms with Gasteiger partial charge < -0.3 is 9.57 Å². The Morgan fingerprint density at radius 3 is 2.65 bits per heavy atom. The maximum atomic E-state index is 12.7. The molecular formula is C19H16BrF3N2O6S3. The molecule has 2 aliphatic heterocycles. The molecule has 2 amide bonds. The first-order valence-electron chi connectivity index (χ1n) is 9.52. The zero-order valence-corrected chi connectivity index (χ0v) is 21.3. The normalized spacial score (nSPS) is 17.6. The van der Waals surface area contributed by atoms with Crippen LogP contribution in [0.5, 0.6) is 0 Å². The summed E-state index contributed by atoms with van der Waals surface area (Å²) in [5, 5.41) is -0.273. The summed E-state index contributed by atoms with van der Waals surface area (Å²) in [5.74, 6) is -3.67. The van der Waals surface area contributed by atoms with E-state index in [0.717, 1.165) is 11.8 Å². The van der Waals surface area contributed by atoms with E-state index in [1.165, 1.54) is 16.7 Å². The van der Waals surface area contributed by atoms with Crippen LogP contribution in [0.4, 0.5) is 13.2 Å². The van der Waals surface area contributed by atoms with E-state index < -0.39 is 40.9 Å². The lowest BCUT2D eigenvalue weighted by Gasteiger charge is -2.44. The average molecular weight is 601 g/mol. The largest absolute Gasteiger partial charge is 0.462 e. The van der Waals surface area contributed by atoms with E-state index in [-0.39, 0.29) is 30.0 Å². The van der Waals surface area contributed by atoms with Crippen molar-refractivity contribution in [1.29, 1.82) is 0 Å². The molecule has 0 aromatic heterocycles. The molecule has 8 nitrogen and oxygen atoms in total. The van der Waals surface area contributed by atoms with Crippen molar-refractivity contribution >= 4 is 75.0 Å². The van der Waals surface area contributed by atoms with Crippen molar-refractivity contribution < 1.29 is 41.9 Å². The van der Waals surface area contributed by atoms with E-state index in [4.69, 9.17) is 9.57 Å². The van der Waals surface area contributed by atoms with E-state index in [2.05, 4.69) is 15.9 Å². The van der Waals surface area contributed by atoms with Crippen molar-refractivity contribution in [3.63, 3.8) is 0 Å². The number of hydroxylamine groups is 1. The lowest BCUT2D eigenvalue weighted by Crippen LogP contribution is -2.54. The van der Waals surface area contributed by atoms with Gasteiger partial charge in [-0.2, -0.15) is 18.7 Å². The second-order valence-corrected chi connectivity index (χ2v) is 10.8. The lowest BCUT2D eigenvalue weighted by molar-refractivity contribution is -0.158. The molecule has 34 heavy (non-hydrogen) atoms. The number of rotatable bonds is 7. The van der Waals surface area contributed by atoms with E-state index in [9.17, 15) is 32.3 Å². The average Bonchev–Trinajstić information content (AvgIpc) is 2.76. The maximum absolute atomic E-state index is 12.7. The highest BCUT2D eigenvalue weighted by Gasteiger charge is 2.46. The van der Waals surface area contributed by atoms with Gasteiger partial charge in [0.25, 0.3) is 5.91 Å². The molecule has 1 aromatic rings. The predicted octanol–water partition coefficient (Wildman–Crippen LogP) is 4.06. The minimum absolute atomic E-state index is 0.0878. The Labute approximate surface area is 212 Å². The fourth-order valence-corrected chi connectivity index (χ4v) is 6.20. The molecule has 1 N–H and O–H groups in total. The molecule has 3 rings (SSSR count). The van der Waals surface area contributed by atoms with Crippen LogP contribution in [-0.4, -0.2) is 57.6 Å². The molecule has 2 aliphatic rings. The third-order valence-electron chi connectivity index (χ3n) is 4.31. The van der Waals surface area contributed by atoms with Gasteiger partial charge >= 0.3 is 17.4 Å². The number of fused-ring (bicyclic) bond motifs is 1. The number of alkyl halides is 3. The summed E-state index contributed by atoms with van der Waals surface area (Å²) >= 11 is 5.39. The minimum Gasteiger partial charge on any atom is -0.462 e. The van der Waals surface area contributed by atoms with Crippen molar-refractivity contribution in [3.05, 3.63) is 38.8 Å². The zero-order valence-electron chi connectivity index (χ0n) is 17.3. The van der Waals surface area contributed by atoms with Gasteiger partial charge in [-0.15, -0.1) is 11.8 Å². The molecular weight excluding hydrogens is 585 g/mol. The maximum Gasteiger partial charge on any atom is 0.442 e. The van der Waals surface area contributed by atoms with Crippen LogP contribution in [0.25, 0.3) is 0 Å². The number of esters is 1. The first kappa shape index (κ1) is 26.8. The molecule has 0 spiro atoms. The number of halogens is 4. The van der Waals surface area contributed by atoms with Gasteiger partial charge in [0, 0.05) is 20.0 Å². The summed E-state index contributed by atoms with van der Waals surface area (Å²) in [5.41, 5.74) is -2.68. The van der Waals surface area contributed by atoms with Gasteiger partial charge in [0.15, 0.2) is 0 Å². The Morgan fingerprint density at radius 1 is 1.29 bits per heavy atom. The smallest absolute Gasteiger partial charge is 0.442 e. The van der Waals surface area contributed by atoms with Crippen LogP contribution in [0.15, 0.2) is 38.2 Å². The highest BCUT2D eigenvalue weighted by molar-refractivity contribution is 9.10. The topological polar surface area (TPSA) is 102 Å². The van der Waals surface area contributed by atoms with E-state index in [1.807, 2.05) is 0 Å². The summed E-state index contributed by atoms with van der Waals surface area (Å²) in [4.78, 5) is 55.4. The third-order valence-corrected chi connectivity index (χ3v) is 8.52. The number of nitrogens with one attached hydrogen (secondary N) is 1. The lowest BCUT2D eigenvalue weighted by atomic mass is 10.1. The third kappa shape index (κ3) is 6.64. The van der Waals surface area contributed by atoms with Crippen LogP contribution in [0, 0.1) is 0 Å². The molecule has 1 fully saturated rings. The van der Waals surface area contributed by atoms with E-state index in [1.54, 1.807) is 30.6 Å². The number of nitrogens with zero attached hydrogens (tertiary/aromatic N) is 1. The van der Waals surface area contributed by atoms with E-state index >= 15 is 0 Å². The summed E-state index contributed by atoms with van der Waals surface area (Å²) in [7, 11) is 0. The van der Waals surface area contributed by atoms with Gasteiger partial charge in [-0.3, -0.25) is 14.5 Å². The number of ether oxygens (including phenoxy) is 1. The fraction of sp³-hybridized carbons (Fsp3) is 0.368. The molecule has 0 saturated carbocycles. The monoisotopic (exact) mass is 600 g/mol. The first-order valence-corrected chi connectivity index (χ1v) is 13.2. The summed E-state index contributed by atoms with van der Waals surface area (Å²) in [6, 6.07) is 4.75. The van der Waals surface area contributed by atoms with Crippen molar-refractivity contribution in [2.45, 2.75) is 29.1 Å². The number of thioether (sulfide) groups is 3. The minimum atomic E-state index is -4.61. The quantitative estimate of drug-likeness (QED) is 0.282. The van der Waals surface area contributed by atoms with Crippen molar-refractivity contribution in [1.82, 2.24) is 10.4 Å². The molecule has 0 unspecified atom stereocenters. The van der Waals surface area contributed by atoms with Gasteiger partial charge in [0.05, 0.1) is 29.7 Å². The van der Waals surface area contributed by atoms with Gasteiger partial charge in [-0.05, 0) is 52.8 Å². The van der Waals surface area contributed by atoms with Gasteiger partial charge in [0.1, 0.15) is 5.70 Å². The highest BCUT2D eigenvalue weighted by Crippen LogP contribution is 2.46. The van der Waals surface area contributed by atoms with Crippen molar-refractivity contribution in [2.24, 2.45) is 0 Å². The number of carbonyl (C=O) groups excluding carboxylic acids is 4. The summed E-state index contributed by atoms with van der Waals surface area (Å²) < 4.78 is 42.2. The number of amides is 2. The molecule has 1 aromatic carbocycles. The highest BCUT2D eigenvalue weighted by atomic mass is 79.9. The van der Waals surface area contributed by atoms with Crippen LogP contribution in [0.1, 0.15) is 23.7 Å². The first-order chi connectivity index (χ1) is 16.0. The molecule has 0 radical (unpaired) electrons. The van der Waals surface area contributed by atoms with Gasteiger partial charge in [-0.1, -0.05) is 11.8 Å². The summed E-state index contributed by atoms with van der Waals surface area (Å²) in [6.07, 6.45) is 0.228. The number of hydrogen-bond acceptors (Lipinski definition) is 9. The number of carbonyl (C=O) groups is 4. The van der Waals surface area contributed by atoms with Crippen LogP contribution < -0.4 is 5.48 Å². The Bertz CT molecular complexity index is 1050. The van der Waals surface area contributed by atoms with Crippen molar-refractivity contribution in [2.75, 3.05) is 18.1 Å². The predicted molar refractivity (Wildman–Crippen MR) is 123 cm³/mol. The Kier molecular flexibility index (Phi) is 8.87. The second kappa shape index (κ2) is 11.3. The number of β-lactam (4-membered cyclic amide) rings is 1. The van der Waals surface area contributed by atoms with Gasteiger partial charge in [0.2, 0.25) is 5.91 Å². The number of hydrogen-bond donors (Lipinski definition) is 1. The molecule has 1 atom stereocenters. The Balaban J connectivity index is 1.77.